The molecule has 0 heterocycles. The summed E-state index contributed by atoms with van der Waals surface area (Å²) < 4.78 is 11.9. The van der Waals surface area contributed by atoms with Crippen molar-refractivity contribution in [1.82, 2.24) is 0 Å². The minimum atomic E-state index is 0.439. The van der Waals surface area contributed by atoms with Crippen molar-refractivity contribution in [1.29, 1.82) is 0 Å². The van der Waals surface area contributed by atoms with E-state index in [0.717, 1.165) is 21.5 Å². The third-order valence-electron chi connectivity index (χ3n) is 4.58. The highest BCUT2D eigenvalue weighted by atomic mass is 35.5. The van der Waals surface area contributed by atoms with Gasteiger partial charge in [0.05, 0.1) is 33.3 Å². The minimum absolute atomic E-state index is 0.439. The Hall–Kier alpha value is -1.84. The lowest BCUT2D eigenvalue weighted by Gasteiger charge is -2.14. The normalized spacial score (nSPS) is 11.2. The smallest absolute Gasteiger partial charge is 0.145 e. The monoisotopic (exact) mass is 464 g/mol. The van der Waals surface area contributed by atoms with Gasteiger partial charge in [-0.3, -0.25) is 0 Å². The number of fused-ring (bicyclic) bond motifs is 2. The molecule has 0 bridgehead atoms. The fourth-order valence-corrected chi connectivity index (χ4v) is 4.44. The molecule has 0 fully saturated rings. The Morgan fingerprint density at radius 2 is 0.897 bits per heavy atom. The molecule has 0 aliphatic heterocycles. The molecule has 4 aromatic rings. The summed E-state index contributed by atoms with van der Waals surface area (Å²) in [5.74, 6) is 1.25. The average Bonchev–Trinajstić information content (AvgIpc) is 2.72. The Kier molecular flexibility index (Phi) is 6.26. The molecular weight excluding hydrogens is 450 g/mol. The molecule has 148 valence electrons. The molecular formula is C23H16Cl4O2. The van der Waals surface area contributed by atoms with Gasteiger partial charge in [0.1, 0.15) is 11.5 Å². The lowest BCUT2D eigenvalue weighted by molar-refractivity contribution is 0.251. The SMILES string of the molecule is Clc1cc(Cl)c2ccccc2c1OCCCOc1c(Cl)cc(Cl)c2ccccc12. The van der Waals surface area contributed by atoms with Crippen LogP contribution in [0.1, 0.15) is 6.42 Å². The van der Waals surface area contributed by atoms with Crippen LogP contribution in [-0.2, 0) is 0 Å². The molecule has 0 amide bonds. The van der Waals surface area contributed by atoms with Crippen molar-refractivity contribution in [2.24, 2.45) is 0 Å². The average molecular weight is 466 g/mol. The highest BCUT2D eigenvalue weighted by Gasteiger charge is 2.13. The van der Waals surface area contributed by atoms with Crippen LogP contribution in [0.25, 0.3) is 21.5 Å². The van der Waals surface area contributed by atoms with E-state index in [1.54, 1.807) is 12.1 Å². The molecule has 0 spiro atoms. The van der Waals surface area contributed by atoms with Gasteiger partial charge in [0, 0.05) is 28.0 Å². The number of hydrogen-bond donors (Lipinski definition) is 0. The van der Waals surface area contributed by atoms with Crippen molar-refractivity contribution < 1.29 is 9.47 Å². The first-order chi connectivity index (χ1) is 14.1. The fraction of sp³-hybridized carbons (Fsp3) is 0.130. The van der Waals surface area contributed by atoms with E-state index in [0.29, 0.717) is 51.2 Å². The van der Waals surface area contributed by atoms with Gasteiger partial charge in [-0.1, -0.05) is 94.9 Å². The molecule has 0 aromatic heterocycles. The molecule has 0 radical (unpaired) electrons. The summed E-state index contributed by atoms with van der Waals surface area (Å²) in [6.45, 7) is 0.878. The van der Waals surface area contributed by atoms with Gasteiger partial charge >= 0.3 is 0 Å². The molecule has 0 N–H and O–H groups in total. The summed E-state index contributed by atoms with van der Waals surface area (Å²) in [6, 6.07) is 18.9. The van der Waals surface area contributed by atoms with Gasteiger partial charge < -0.3 is 9.47 Å². The molecule has 4 rings (SSSR count). The number of ether oxygens (including phenoxy) is 2. The molecule has 0 aliphatic rings. The molecule has 2 nitrogen and oxygen atoms in total. The summed E-state index contributed by atoms with van der Waals surface area (Å²) in [4.78, 5) is 0. The van der Waals surface area contributed by atoms with Gasteiger partial charge in [-0.2, -0.15) is 0 Å². The molecule has 29 heavy (non-hydrogen) atoms. The number of rotatable bonds is 6. The second-order valence-electron chi connectivity index (χ2n) is 6.48. The van der Waals surface area contributed by atoms with Crippen LogP contribution >= 0.6 is 46.4 Å². The van der Waals surface area contributed by atoms with Crippen molar-refractivity contribution in [2.75, 3.05) is 13.2 Å². The molecule has 0 atom stereocenters. The van der Waals surface area contributed by atoms with Crippen LogP contribution in [0.4, 0.5) is 0 Å². The van der Waals surface area contributed by atoms with Crippen LogP contribution in [0.15, 0.2) is 60.7 Å². The van der Waals surface area contributed by atoms with Gasteiger partial charge in [0.2, 0.25) is 0 Å². The Morgan fingerprint density at radius 1 is 0.517 bits per heavy atom. The Bertz CT molecular complexity index is 1100. The van der Waals surface area contributed by atoms with Crippen LogP contribution in [-0.4, -0.2) is 13.2 Å². The van der Waals surface area contributed by atoms with E-state index in [4.69, 9.17) is 55.9 Å². The maximum Gasteiger partial charge on any atom is 0.145 e. The Labute approximate surface area is 188 Å². The summed E-state index contributed by atoms with van der Waals surface area (Å²) >= 11 is 25.3. The van der Waals surface area contributed by atoms with E-state index >= 15 is 0 Å². The second kappa shape index (κ2) is 8.89. The fourth-order valence-electron chi connectivity index (χ4n) is 3.25. The largest absolute Gasteiger partial charge is 0.491 e. The zero-order chi connectivity index (χ0) is 20.4. The number of benzene rings is 4. The minimum Gasteiger partial charge on any atom is -0.491 e. The second-order valence-corrected chi connectivity index (χ2v) is 8.11. The highest BCUT2D eigenvalue weighted by Crippen LogP contribution is 2.39. The van der Waals surface area contributed by atoms with E-state index in [2.05, 4.69) is 0 Å². The van der Waals surface area contributed by atoms with E-state index in [1.807, 2.05) is 48.5 Å². The number of halogens is 4. The molecule has 0 saturated heterocycles. The predicted octanol–water partition coefficient (Wildman–Crippen LogP) is 8.45. The van der Waals surface area contributed by atoms with Crippen LogP contribution in [0.3, 0.4) is 0 Å². The van der Waals surface area contributed by atoms with E-state index in [-0.39, 0.29) is 0 Å². The van der Waals surface area contributed by atoms with Crippen molar-refractivity contribution in [3.63, 3.8) is 0 Å². The molecule has 0 unspecified atom stereocenters. The third kappa shape index (κ3) is 4.22. The maximum atomic E-state index is 6.35. The van der Waals surface area contributed by atoms with Crippen LogP contribution in [0, 0.1) is 0 Å². The van der Waals surface area contributed by atoms with Crippen molar-refractivity contribution in [2.45, 2.75) is 6.42 Å². The predicted molar refractivity (Wildman–Crippen MR) is 124 cm³/mol. The number of hydrogen-bond acceptors (Lipinski definition) is 2. The van der Waals surface area contributed by atoms with Crippen LogP contribution in [0.2, 0.25) is 20.1 Å². The maximum absolute atomic E-state index is 6.35. The zero-order valence-electron chi connectivity index (χ0n) is 15.2. The lowest BCUT2D eigenvalue weighted by atomic mass is 10.1. The highest BCUT2D eigenvalue weighted by molar-refractivity contribution is 6.40. The first-order valence-electron chi connectivity index (χ1n) is 9.05. The quantitative estimate of drug-likeness (QED) is 0.266. The van der Waals surface area contributed by atoms with Gasteiger partial charge in [-0.15, -0.1) is 0 Å². The van der Waals surface area contributed by atoms with E-state index in [9.17, 15) is 0 Å². The van der Waals surface area contributed by atoms with Crippen molar-refractivity contribution in [3.05, 3.63) is 80.8 Å². The summed E-state index contributed by atoms with van der Waals surface area (Å²) in [7, 11) is 0. The van der Waals surface area contributed by atoms with Gasteiger partial charge in [0.25, 0.3) is 0 Å². The standard InChI is InChI=1S/C23H16Cl4O2/c24-18-12-20(26)22(16-8-3-1-6-14(16)18)28-10-5-11-29-23-17-9-4-2-7-15(17)19(25)13-21(23)27/h1-4,6-9,12-13H,5,10-11H2. The molecule has 6 heteroatoms. The van der Waals surface area contributed by atoms with Gasteiger partial charge in [-0.25, -0.2) is 0 Å². The van der Waals surface area contributed by atoms with Gasteiger partial charge in [-0.05, 0) is 12.1 Å². The first kappa shape index (κ1) is 20.4. The van der Waals surface area contributed by atoms with Crippen molar-refractivity contribution >= 4 is 67.9 Å². The summed E-state index contributed by atoms with van der Waals surface area (Å²) in [5.41, 5.74) is 0. The molecule has 0 aliphatic carbocycles. The summed E-state index contributed by atoms with van der Waals surface area (Å²) in [6.07, 6.45) is 0.653. The molecule has 4 aromatic carbocycles. The van der Waals surface area contributed by atoms with E-state index < -0.39 is 0 Å². The van der Waals surface area contributed by atoms with Gasteiger partial charge in [0.15, 0.2) is 0 Å². The van der Waals surface area contributed by atoms with Crippen molar-refractivity contribution in [3.8, 4) is 11.5 Å². The topological polar surface area (TPSA) is 18.5 Å². The summed E-state index contributed by atoms with van der Waals surface area (Å²) in [5, 5.41) is 5.77. The Morgan fingerprint density at radius 3 is 1.31 bits per heavy atom. The van der Waals surface area contributed by atoms with Crippen LogP contribution in [0.5, 0.6) is 11.5 Å². The third-order valence-corrected chi connectivity index (χ3v) is 5.77. The van der Waals surface area contributed by atoms with E-state index in [1.165, 1.54) is 0 Å². The molecule has 0 saturated carbocycles. The zero-order valence-corrected chi connectivity index (χ0v) is 18.2. The lowest BCUT2D eigenvalue weighted by Crippen LogP contribution is -2.06. The first-order valence-corrected chi connectivity index (χ1v) is 10.6. The Balaban J connectivity index is 1.44. The van der Waals surface area contributed by atoms with Crippen LogP contribution < -0.4 is 9.47 Å².